The number of anilines is 1. The molecule has 1 N–H and O–H groups in total. The number of fused-ring (bicyclic) bond motifs is 3. The van der Waals surface area contributed by atoms with Gasteiger partial charge in [-0.1, -0.05) is 47.5 Å². The van der Waals surface area contributed by atoms with Crippen molar-refractivity contribution in [2.75, 3.05) is 5.32 Å². The molecule has 2 aliphatic rings. The first-order valence-electron chi connectivity index (χ1n) is 9.72. The van der Waals surface area contributed by atoms with E-state index in [2.05, 4.69) is 20.4 Å². The first kappa shape index (κ1) is 18.4. The summed E-state index contributed by atoms with van der Waals surface area (Å²) in [5, 5.41) is 8.95. The van der Waals surface area contributed by atoms with E-state index in [1.165, 1.54) is 0 Å². The lowest BCUT2D eigenvalue weighted by Crippen LogP contribution is -2.32. The van der Waals surface area contributed by atoms with Crippen LogP contribution in [0.3, 0.4) is 0 Å². The molecule has 0 bridgehead atoms. The Morgan fingerprint density at radius 2 is 1.87 bits per heavy atom. The number of hydrogen-bond donors (Lipinski definition) is 1. The van der Waals surface area contributed by atoms with Gasteiger partial charge in [-0.05, 0) is 41.5 Å². The van der Waals surface area contributed by atoms with Crippen LogP contribution in [0.25, 0.3) is 5.70 Å². The van der Waals surface area contributed by atoms with E-state index >= 15 is 0 Å². The van der Waals surface area contributed by atoms with Crippen LogP contribution in [0.4, 0.5) is 5.95 Å². The van der Waals surface area contributed by atoms with Crippen LogP contribution < -0.4 is 10.1 Å². The number of aromatic nitrogens is 4. The number of benzene rings is 2. The number of hydrogen-bond acceptors (Lipinski definition) is 5. The SMILES string of the molecule is Clc1ccc([C@@H]2Oc3ccccc3C3=C2[C@@H](c2cccnc2)n2ncnc2N3)cc1Cl. The second-order valence-corrected chi connectivity index (χ2v) is 8.15. The van der Waals surface area contributed by atoms with E-state index in [0.29, 0.717) is 16.0 Å². The fourth-order valence-corrected chi connectivity index (χ4v) is 4.53. The molecule has 0 spiro atoms. The number of halogens is 2. The Labute approximate surface area is 188 Å². The molecular formula is C23H15Cl2N5O. The topological polar surface area (TPSA) is 64.9 Å². The van der Waals surface area contributed by atoms with Gasteiger partial charge in [0.25, 0.3) is 0 Å². The first-order chi connectivity index (χ1) is 15.2. The van der Waals surface area contributed by atoms with Crippen LogP contribution >= 0.6 is 23.2 Å². The van der Waals surface area contributed by atoms with Crippen LogP contribution in [0.15, 0.2) is 78.9 Å². The highest BCUT2D eigenvalue weighted by molar-refractivity contribution is 6.42. The Morgan fingerprint density at radius 3 is 2.71 bits per heavy atom. The lowest BCUT2D eigenvalue weighted by atomic mass is 9.85. The van der Waals surface area contributed by atoms with Gasteiger partial charge in [0.05, 0.1) is 15.7 Å². The van der Waals surface area contributed by atoms with E-state index in [9.17, 15) is 0 Å². The second-order valence-electron chi connectivity index (χ2n) is 7.34. The van der Waals surface area contributed by atoms with Gasteiger partial charge >= 0.3 is 0 Å². The highest BCUT2D eigenvalue weighted by Crippen LogP contribution is 2.50. The smallest absolute Gasteiger partial charge is 0.226 e. The van der Waals surface area contributed by atoms with Gasteiger partial charge in [0.1, 0.15) is 24.2 Å². The summed E-state index contributed by atoms with van der Waals surface area (Å²) in [6, 6.07) is 17.2. The largest absolute Gasteiger partial charge is 0.480 e. The molecule has 6 rings (SSSR count). The number of ether oxygens (including phenoxy) is 1. The molecule has 0 saturated carbocycles. The summed E-state index contributed by atoms with van der Waals surface area (Å²) in [6.07, 6.45) is 4.74. The van der Waals surface area contributed by atoms with Crippen molar-refractivity contribution in [1.29, 1.82) is 0 Å². The summed E-state index contributed by atoms with van der Waals surface area (Å²) in [5.74, 6) is 1.44. The molecule has 152 valence electrons. The second kappa shape index (κ2) is 7.11. The monoisotopic (exact) mass is 447 g/mol. The predicted octanol–water partition coefficient (Wildman–Crippen LogP) is 5.54. The van der Waals surface area contributed by atoms with Gasteiger partial charge in [0.2, 0.25) is 5.95 Å². The Balaban J connectivity index is 1.63. The quantitative estimate of drug-likeness (QED) is 0.436. The normalized spacial score (nSPS) is 19.0. The van der Waals surface area contributed by atoms with E-state index < -0.39 is 6.10 Å². The average molecular weight is 448 g/mol. The molecule has 6 nitrogen and oxygen atoms in total. The third-order valence-electron chi connectivity index (χ3n) is 5.57. The van der Waals surface area contributed by atoms with E-state index in [4.69, 9.17) is 27.9 Å². The molecule has 2 aliphatic heterocycles. The van der Waals surface area contributed by atoms with Crippen LogP contribution in [0, 0.1) is 0 Å². The third-order valence-corrected chi connectivity index (χ3v) is 6.31. The third kappa shape index (κ3) is 2.91. The van der Waals surface area contributed by atoms with Gasteiger partial charge in [0, 0.05) is 23.5 Å². The van der Waals surface area contributed by atoms with Crippen molar-refractivity contribution in [2.45, 2.75) is 12.1 Å². The fraction of sp³-hybridized carbons (Fsp3) is 0.0870. The lowest BCUT2D eigenvalue weighted by molar-refractivity contribution is 0.223. The molecule has 0 aliphatic carbocycles. The van der Waals surface area contributed by atoms with E-state index in [-0.39, 0.29) is 6.04 Å². The fourth-order valence-electron chi connectivity index (χ4n) is 4.23. The Bertz CT molecular complexity index is 1330. The summed E-state index contributed by atoms with van der Waals surface area (Å²) in [6.45, 7) is 0. The number of rotatable bonds is 2. The van der Waals surface area contributed by atoms with Crippen molar-refractivity contribution < 1.29 is 4.74 Å². The number of nitrogens with zero attached hydrogens (tertiary/aromatic N) is 4. The van der Waals surface area contributed by atoms with Crippen LogP contribution in [0.2, 0.25) is 10.0 Å². The molecule has 0 radical (unpaired) electrons. The van der Waals surface area contributed by atoms with Gasteiger partial charge < -0.3 is 10.1 Å². The van der Waals surface area contributed by atoms with Crippen LogP contribution in [-0.2, 0) is 0 Å². The standard InChI is InChI=1S/C23H15Cl2N5O/c24-16-8-7-13(10-17(16)25)22-19-20(15-5-1-2-6-18(15)31-22)29-23-27-12-28-30(23)21(19)14-4-3-9-26-11-14/h1-12,21-22H,(H,27,28,29)/t21-,22+/m1/s1. The maximum atomic E-state index is 6.54. The van der Waals surface area contributed by atoms with Crippen LogP contribution in [0.1, 0.15) is 28.8 Å². The summed E-state index contributed by atoms with van der Waals surface area (Å²) in [5.41, 5.74) is 4.80. The summed E-state index contributed by atoms with van der Waals surface area (Å²) >= 11 is 12.6. The first-order valence-corrected chi connectivity index (χ1v) is 10.5. The molecular weight excluding hydrogens is 433 g/mol. The minimum absolute atomic E-state index is 0.254. The van der Waals surface area contributed by atoms with E-state index in [1.54, 1.807) is 18.6 Å². The maximum Gasteiger partial charge on any atom is 0.226 e. The summed E-state index contributed by atoms with van der Waals surface area (Å²) in [4.78, 5) is 8.77. The Kier molecular flexibility index (Phi) is 4.23. The highest BCUT2D eigenvalue weighted by Gasteiger charge is 2.41. The van der Waals surface area contributed by atoms with Gasteiger partial charge in [-0.15, -0.1) is 0 Å². The molecule has 0 fully saturated rings. The molecule has 0 saturated heterocycles. The van der Waals surface area contributed by atoms with Crippen molar-refractivity contribution in [3.63, 3.8) is 0 Å². The Morgan fingerprint density at radius 1 is 0.968 bits per heavy atom. The Hall–Kier alpha value is -3.35. The molecule has 31 heavy (non-hydrogen) atoms. The van der Waals surface area contributed by atoms with Crippen molar-refractivity contribution in [1.82, 2.24) is 19.7 Å². The van der Waals surface area contributed by atoms with Crippen LogP contribution in [0.5, 0.6) is 5.75 Å². The van der Waals surface area contributed by atoms with Gasteiger partial charge in [-0.2, -0.15) is 10.1 Å². The zero-order chi connectivity index (χ0) is 20.9. The van der Waals surface area contributed by atoms with Gasteiger partial charge in [-0.25, -0.2) is 4.68 Å². The average Bonchev–Trinajstić information content (AvgIpc) is 3.28. The molecule has 2 aromatic heterocycles. The lowest BCUT2D eigenvalue weighted by Gasteiger charge is -2.38. The van der Waals surface area contributed by atoms with E-state index in [1.807, 2.05) is 59.4 Å². The molecule has 0 unspecified atom stereocenters. The van der Waals surface area contributed by atoms with Crippen molar-refractivity contribution in [3.05, 3.63) is 106 Å². The molecule has 2 aromatic carbocycles. The zero-order valence-electron chi connectivity index (χ0n) is 16.0. The van der Waals surface area contributed by atoms with E-state index in [0.717, 1.165) is 33.7 Å². The molecule has 4 heterocycles. The number of pyridine rings is 1. The maximum absolute atomic E-state index is 6.54. The molecule has 0 amide bonds. The van der Waals surface area contributed by atoms with Gasteiger partial charge in [0.15, 0.2) is 0 Å². The van der Waals surface area contributed by atoms with Crippen molar-refractivity contribution in [3.8, 4) is 5.75 Å². The highest BCUT2D eigenvalue weighted by atomic mass is 35.5. The summed E-state index contributed by atoms with van der Waals surface area (Å²) < 4.78 is 8.40. The van der Waals surface area contributed by atoms with Crippen molar-refractivity contribution >= 4 is 34.8 Å². The predicted molar refractivity (Wildman–Crippen MR) is 119 cm³/mol. The summed E-state index contributed by atoms with van der Waals surface area (Å²) in [7, 11) is 0. The molecule has 4 aromatic rings. The van der Waals surface area contributed by atoms with Crippen LogP contribution in [-0.4, -0.2) is 19.7 Å². The minimum Gasteiger partial charge on any atom is -0.480 e. The molecule has 2 atom stereocenters. The minimum atomic E-state index is -0.408. The van der Waals surface area contributed by atoms with Crippen molar-refractivity contribution in [2.24, 2.45) is 0 Å². The van der Waals surface area contributed by atoms with Gasteiger partial charge in [-0.3, -0.25) is 4.98 Å². The number of nitrogens with one attached hydrogen (secondary N) is 1. The number of para-hydroxylation sites is 1. The zero-order valence-corrected chi connectivity index (χ0v) is 17.5. The molecule has 8 heteroatoms.